The van der Waals surface area contributed by atoms with E-state index in [4.69, 9.17) is 4.74 Å². The smallest absolute Gasteiger partial charge is 0.146 e. The van der Waals surface area contributed by atoms with E-state index in [-0.39, 0.29) is 18.5 Å². The monoisotopic (exact) mass is 284 g/mol. The summed E-state index contributed by atoms with van der Waals surface area (Å²) in [4.78, 5) is 1.84. The zero-order valence-electron chi connectivity index (χ0n) is 12.5. The van der Waals surface area contributed by atoms with Gasteiger partial charge >= 0.3 is 0 Å². The molecular weight excluding hydrogens is 259 g/mol. The molecule has 0 radical (unpaired) electrons. The molecule has 0 spiro atoms. The topological polar surface area (TPSA) is 44.7 Å². The summed E-state index contributed by atoms with van der Waals surface area (Å²) in [5.41, 5.74) is 1.45. The summed E-state index contributed by atoms with van der Waals surface area (Å²) in [5.74, 6) is -0.267. The quantitative estimate of drug-likeness (QED) is 0.727. The molecule has 0 saturated carbocycles. The number of hydrogen-bond acceptors (Lipinski definition) is 4. The van der Waals surface area contributed by atoms with Gasteiger partial charge in [-0.3, -0.25) is 0 Å². The van der Waals surface area contributed by atoms with Gasteiger partial charge in [-0.25, -0.2) is 4.39 Å². The van der Waals surface area contributed by atoms with Gasteiger partial charge < -0.3 is 20.1 Å². The van der Waals surface area contributed by atoms with Gasteiger partial charge in [0.2, 0.25) is 0 Å². The highest BCUT2D eigenvalue weighted by atomic mass is 19.1. The minimum absolute atomic E-state index is 0.0208. The molecular formula is C15H25FN2O2. The van der Waals surface area contributed by atoms with Crippen LogP contribution in [0.15, 0.2) is 18.2 Å². The number of nitrogens with zero attached hydrogens (tertiary/aromatic N) is 1. The van der Waals surface area contributed by atoms with Crippen LogP contribution in [0.3, 0.4) is 0 Å². The Balaban J connectivity index is 3.10. The van der Waals surface area contributed by atoms with Crippen molar-refractivity contribution < 1.29 is 14.2 Å². The molecule has 0 aliphatic heterocycles. The summed E-state index contributed by atoms with van der Waals surface area (Å²) < 4.78 is 19.3. The summed E-state index contributed by atoms with van der Waals surface area (Å²) in [6, 6.07) is 5.14. The molecule has 5 heteroatoms. The minimum Gasteiger partial charge on any atom is -0.395 e. The van der Waals surface area contributed by atoms with Gasteiger partial charge in [0.1, 0.15) is 5.82 Å². The Morgan fingerprint density at radius 2 is 2.15 bits per heavy atom. The van der Waals surface area contributed by atoms with Crippen molar-refractivity contribution in [1.29, 1.82) is 0 Å². The van der Waals surface area contributed by atoms with Crippen molar-refractivity contribution in [2.75, 3.05) is 44.9 Å². The number of hydrogen-bond donors (Lipinski definition) is 2. The van der Waals surface area contributed by atoms with Gasteiger partial charge in [-0.15, -0.1) is 0 Å². The van der Waals surface area contributed by atoms with E-state index in [2.05, 4.69) is 5.32 Å². The van der Waals surface area contributed by atoms with E-state index in [9.17, 15) is 9.50 Å². The third-order valence-corrected chi connectivity index (χ3v) is 3.25. The summed E-state index contributed by atoms with van der Waals surface area (Å²) >= 11 is 0. The van der Waals surface area contributed by atoms with Crippen molar-refractivity contribution in [3.63, 3.8) is 0 Å². The molecule has 0 fully saturated rings. The van der Waals surface area contributed by atoms with E-state index < -0.39 is 0 Å². The second-order valence-corrected chi connectivity index (χ2v) is 4.66. The molecule has 2 N–H and O–H groups in total. The molecule has 1 aromatic carbocycles. The van der Waals surface area contributed by atoms with Gasteiger partial charge in [0.05, 0.1) is 18.9 Å². The predicted octanol–water partition coefficient (Wildman–Crippen LogP) is 1.94. The molecule has 1 aromatic rings. The average Bonchev–Trinajstić information content (AvgIpc) is 2.44. The maximum atomic E-state index is 14.3. The number of rotatable bonds is 9. The van der Waals surface area contributed by atoms with Crippen molar-refractivity contribution in [1.82, 2.24) is 5.32 Å². The van der Waals surface area contributed by atoms with Gasteiger partial charge in [0.25, 0.3) is 0 Å². The summed E-state index contributed by atoms with van der Waals surface area (Å²) in [7, 11) is 1.61. The van der Waals surface area contributed by atoms with Gasteiger partial charge in [-0.2, -0.15) is 0 Å². The highest BCUT2D eigenvalue weighted by molar-refractivity contribution is 5.56. The van der Waals surface area contributed by atoms with Crippen molar-refractivity contribution in [3.05, 3.63) is 29.6 Å². The molecule has 1 rings (SSSR count). The summed E-state index contributed by atoms with van der Waals surface area (Å²) in [5, 5.41) is 12.5. The number of methoxy groups -OCH3 is 1. The Morgan fingerprint density at radius 3 is 2.75 bits per heavy atom. The third kappa shape index (κ3) is 4.44. The first-order valence-electron chi connectivity index (χ1n) is 7.02. The van der Waals surface area contributed by atoms with E-state index in [1.807, 2.05) is 24.8 Å². The molecule has 20 heavy (non-hydrogen) atoms. The fourth-order valence-corrected chi connectivity index (χ4v) is 2.29. The lowest BCUT2D eigenvalue weighted by atomic mass is 10.0. The SMILES string of the molecule is CCNC(C)c1cccc(F)c1N(CCO)CCOC. The Kier molecular flexibility index (Phi) is 7.51. The van der Waals surface area contributed by atoms with E-state index in [1.54, 1.807) is 13.2 Å². The van der Waals surface area contributed by atoms with E-state index in [0.29, 0.717) is 25.4 Å². The molecule has 0 bridgehead atoms. The maximum absolute atomic E-state index is 14.3. The van der Waals surface area contributed by atoms with Crippen LogP contribution in [0, 0.1) is 5.82 Å². The van der Waals surface area contributed by atoms with Crippen LogP contribution in [-0.2, 0) is 4.74 Å². The molecule has 114 valence electrons. The number of benzene rings is 1. The average molecular weight is 284 g/mol. The van der Waals surface area contributed by atoms with Crippen LogP contribution in [-0.4, -0.2) is 45.1 Å². The third-order valence-electron chi connectivity index (χ3n) is 3.25. The molecule has 1 unspecified atom stereocenters. The Labute approximate surface area is 120 Å². The second kappa shape index (κ2) is 8.89. The Hall–Kier alpha value is -1.17. The standard InChI is InChI=1S/C15H25FN2O2/c1-4-17-12(2)13-6-5-7-14(16)15(13)18(8-10-19)9-11-20-3/h5-7,12,17,19H,4,8-11H2,1-3H3. The fourth-order valence-electron chi connectivity index (χ4n) is 2.29. The first-order chi connectivity index (χ1) is 9.65. The van der Waals surface area contributed by atoms with Crippen LogP contribution in [0.4, 0.5) is 10.1 Å². The van der Waals surface area contributed by atoms with Crippen molar-refractivity contribution in [2.45, 2.75) is 19.9 Å². The minimum atomic E-state index is -0.267. The molecule has 0 aliphatic rings. The van der Waals surface area contributed by atoms with E-state index >= 15 is 0 Å². The summed E-state index contributed by atoms with van der Waals surface area (Å²) in [6.45, 7) is 6.24. The maximum Gasteiger partial charge on any atom is 0.146 e. The number of ether oxygens (including phenoxy) is 1. The van der Waals surface area contributed by atoms with Crippen molar-refractivity contribution >= 4 is 5.69 Å². The lowest BCUT2D eigenvalue weighted by molar-refractivity contribution is 0.202. The normalized spacial score (nSPS) is 12.4. The number of halogens is 1. The van der Waals surface area contributed by atoms with Crippen LogP contribution in [0.25, 0.3) is 0 Å². The van der Waals surface area contributed by atoms with Gasteiger partial charge in [-0.1, -0.05) is 19.1 Å². The Bertz CT molecular complexity index is 401. The van der Waals surface area contributed by atoms with Crippen molar-refractivity contribution in [2.24, 2.45) is 0 Å². The van der Waals surface area contributed by atoms with Crippen LogP contribution in [0.1, 0.15) is 25.5 Å². The molecule has 0 aromatic heterocycles. The van der Waals surface area contributed by atoms with Gasteiger partial charge in [0.15, 0.2) is 0 Å². The number of aliphatic hydroxyl groups is 1. The zero-order chi connectivity index (χ0) is 15.0. The zero-order valence-corrected chi connectivity index (χ0v) is 12.5. The molecule has 0 heterocycles. The largest absolute Gasteiger partial charge is 0.395 e. The van der Waals surface area contributed by atoms with E-state index in [0.717, 1.165) is 12.1 Å². The van der Waals surface area contributed by atoms with Crippen LogP contribution in [0.5, 0.6) is 0 Å². The number of para-hydroxylation sites is 1. The highest BCUT2D eigenvalue weighted by Crippen LogP contribution is 2.29. The number of anilines is 1. The Morgan fingerprint density at radius 1 is 1.40 bits per heavy atom. The molecule has 0 aliphatic carbocycles. The van der Waals surface area contributed by atoms with Crippen LogP contribution >= 0.6 is 0 Å². The molecule has 1 atom stereocenters. The van der Waals surface area contributed by atoms with Gasteiger partial charge in [0, 0.05) is 26.2 Å². The second-order valence-electron chi connectivity index (χ2n) is 4.66. The first-order valence-corrected chi connectivity index (χ1v) is 7.02. The lowest BCUT2D eigenvalue weighted by Gasteiger charge is -2.28. The lowest BCUT2D eigenvalue weighted by Crippen LogP contribution is -2.33. The first kappa shape index (κ1) is 16.9. The number of nitrogens with one attached hydrogen (secondary N) is 1. The van der Waals surface area contributed by atoms with Gasteiger partial charge in [-0.05, 0) is 25.1 Å². The van der Waals surface area contributed by atoms with Crippen LogP contribution in [0.2, 0.25) is 0 Å². The molecule has 0 amide bonds. The van der Waals surface area contributed by atoms with Crippen molar-refractivity contribution in [3.8, 4) is 0 Å². The number of aliphatic hydroxyl groups excluding tert-OH is 1. The fraction of sp³-hybridized carbons (Fsp3) is 0.600. The van der Waals surface area contributed by atoms with Crippen LogP contribution < -0.4 is 10.2 Å². The molecule has 4 nitrogen and oxygen atoms in total. The highest BCUT2D eigenvalue weighted by Gasteiger charge is 2.19. The predicted molar refractivity (Wildman–Crippen MR) is 79.7 cm³/mol. The van der Waals surface area contributed by atoms with E-state index in [1.165, 1.54) is 6.07 Å². The molecule has 0 saturated heterocycles. The summed E-state index contributed by atoms with van der Waals surface area (Å²) in [6.07, 6.45) is 0.